The van der Waals surface area contributed by atoms with Crippen molar-refractivity contribution < 1.29 is 87.2 Å². The number of ether oxygens (including phenoxy) is 5. The maximum atomic E-state index is 14.7. The van der Waals surface area contributed by atoms with E-state index in [9.17, 15) is 51.8 Å². The van der Waals surface area contributed by atoms with Crippen LogP contribution in [-0.2, 0) is 99.0 Å². The van der Waals surface area contributed by atoms with Gasteiger partial charge in [0.25, 0.3) is 22.2 Å². The van der Waals surface area contributed by atoms with Crippen molar-refractivity contribution in [1.82, 2.24) is 67.7 Å². The molecule has 5 saturated heterocycles. The van der Waals surface area contributed by atoms with Gasteiger partial charge in [-0.05, 0) is 44.1 Å². The summed E-state index contributed by atoms with van der Waals surface area (Å²) in [6.45, 7) is -16.2. The molecule has 0 radical (unpaired) electrons. The minimum atomic E-state index is -4.78. The summed E-state index contributed by atoms with van der Waals surface area (Å²) in [6, 6.07) is 1.46. The number of hydrogen-bond donors (Lipinski definition) is 12. The number of H-pyrrole nitrogens is 4. The Labute approximate surface area is 620 Å². The molecule has 10 N–H and O–H groups in total. The third kappa shape index (κ3) is 18.8. The molecule has 574 valence electrons. The van der Waals surface area contributed by atoms with E-state index in [1.54, 1.807) is 0 Å². The zero-order chi connectivity index (χ0) is 75.6. The molecule has 54 heteroatoms. The predicted octanol–water partition coefficient (Wildman–Crippen LogP) is 3.62. The first-order valence-corrected chi connectivity index (χ1v) is 45.8. The summed E-state index contributed by atoms with van der Waals surface area (Å²) >= 11 is 27.2. The molecule has 0 bridgehead atoms. The molecule has 10 unspecified atom stereocenters. The number of aryl methyl sites for hydroxylation is 2. The van der Waals surface area contributed by atoms with Crippen LogP contribution < -0.4 is 56.5 Å². The van der Waals surface area contributed by atoms with E-state index >= 15 is 0 Å². The average Bonchev–Trinajstić information content (AvgIpc) is 1.64. The van der Waals surface area contributed by atoms with Gasteiger partial charge in [-0.3, -0.25) is 93.6 Å². The van der Waals surface area contributed by atoms with Crippen LogP contribution in [0, 0.1) is 19.8 Å². The van der Waals surface area contributed by atoms with Gasteiger partial charge >= 0.3 is 44.3 Å². The lowest BCUT2D eigenvalue weighted by atomic mass is 10.0. The first-order valence-electron chi connectivity index (χ1n) is 31.3. The summed E-state index contributed by atoms with van der Waals surface area (Å²) < 4.78 is 152. The van der Waals surface area contributed by atoms with Gasteiger partial charge in [-0.25, -0.2) is 42.6 Å². The van der Waals surface area contributed by atoms with Crippen LogP contribution >= 0.6 is 94.1 Å². The third-order valence-electron chi connectivity index (χ3n) is 17.2. The molecule has 0 spiro atoms. The summed E-state index contributed by atoms with van der Waals surface area (Å²) in [7, 11) is 1.08. The highest BCUT2D eigenvalue weighted by Crippen LogP contribution is 2.62. The van der Waals surface area contributed by atoms with Gasteiger partial charge in [0, 0.05) is 62.5 Å². The molecule has 0 amide bonds. The third-order valence-corrected chi connectivity index (χ3v) is 26.1. The Morgan fingerprint density at radius 2 is 0.857 bits per heavy atom. The first-order chi connectivity index (χ1) is 49.4. The van der Waals surface area contributed by atoms with E-state index in [1.165, 1.54) is 64.9 Å². The monoisotopic (exact) mass is 1680 g/mol. The number of rotatable bonds is 29. The molecular formula is C51H68N17O26P5S6. The highest BCUT2D eigenvalue weighted by Gasteiger charge is 2.49. The second kappa shape index (κ2) is 31.8. The quantitative estimate of drug-likeness (QED) is 0.0235. The van der Waals surface area contributed by atoms with Crippen LogP contribution in [-0.4, -0.2) is 163 Å². The minimum Gasteiger partial charge on any atom is -0.383 e. The van der Waals surface area contributed by atoms with Gasteiger partial charge in [0.1, 0.15) is 79.7 Å². The van der Waals surface area contributed by atoms with Crippen molar-refractivity contribution >= 4 is 146 Å². The van der Waals surface area contributed by atoms with Crippen LogP contribution in [0.1, 0.15) is 81.3 Å². The molecule has 7 aromatic heterocycles. The Balaban J connectivity index is 0.753. The lowest BCUT2D eigenvalue weighted by Gasteiger charge is -2.27. The van der Waals surface area contributed by atoms with Gasteiger partial charge in [-0.1, -0.05) is 68.2 Å². The Kier molecular flexibility index (Phi) is 24.1. The number of aromatic nitrogens is 14. The van der Waals surface area contributed by atoms with E-state index in [4.69, 9.17) is 97.9 Å². The minimum absolute atomic E-state index is 0.000823. The van der Waals surface area contributed by atoms with Crippen LogP contribution in [0.25, 0.3) is 22.3 Å². The van der Waals surface area contributed by atoms with Crippen LogP contribution in [0.15, 0.2) is 70.9 Å². The van der Waals surface area contributed by atoms with E-state index in [0.717, 1.165) is 16.2 Å². The topological polar surface area (TPSA) is 557 Å². The Morgan fingerprint density at radius 1 is 0.495 bits per heavy atom. The fourth-order valence-corrected chi connectivity index (χ4v) is 19.3. The number of thiol groups is 5. The zero-order valence-corrected chi connectivity index (χ0v) is 64.7. The number of anilines is 3. The van der Waals surface area contributed by atoms with Crippen LogP contribution in [0.3, 0.4) is 0 Å². The van der Waals surface area contributed by atoms with Crippen molar-refractivity contribution in [2.45, 2.75) is 139 Å². The van der Waals surface area contributed by atoms with Gasteiger partial charge in [0.2, 0.25) is 17.6 Å². The SMILES string of the molecule is COP(=O)(S)OCC1O[C@@H](n2cnc3c(=O)[nH]c(N)nc32)C[C@H]1OP(=O)(S)OCC1O[C@@H](n2cc(C)c(=O)[nH]c2=O)C[C@H]1OP(=O)(S)OCC1O[C@@H](n2cnc3c(=O)[nH]c(N)nc32)C[C@H]1OP(=O)(S)OCC1O[C@@H](n2cc(C)c(=O)[nH]c2=O)C[C@H]1OP(=S)(S)OCC1O[C@@H](n2ccc(N)nc2=O)C[C@H]1C. The number of nitrogens with zero attached hydrogens (tertiary/aromatic N) is 10. The standard InChI is InChI=1S/C51H68N17O26P5S6/c1-21-7-34(64-6-5-33(52)57-49(64)73)86-28(21)14-85-99(104,105)94-27-11-36(66-13-23(3)44(70)63-51(66)75)88-32(27)18-84-98(79,103)93-26-10-38(68-20-56-40-42(68)59-48(54)61-46(40)72)90-31(26)17-83-96(77,101)91-24-8-35(65-12-22(2)43(69)62-50(65)74)87-30(24)16-82-97(78,102)92-25-9-37(89-29(25)15-81-95(76,100)80-4)67-19-55-39-41(67)58-47(53)60-45(39)71/h5-6,12-13,19-21,24-32,34-38H,7-11,14-18H2,1-4H3,(H,76,100)(H,77,101)(H,78,102)(H,79,103)(H,104,105)(H2,52,57,73)(H,62,69,74)(H,63,70,75)(H3,53,58,60,71)(H3,54,59,61,72)/t21-,24-,25-,26-,27-,28?,29?,30?,31?,32?,34-,35-,36-,37-,38-,95?,96?,97?,98?/m1/s1. The van der Waals surface area contributed by atoms with E-state index < -0.39 is 185 Å². The summed E-state index contributed by atoms with van der Waals surface area (Å²) in [5.74, 6) is -0.675. The Morgan fingerprint density at radius 3 is 1.26 bits per heavy atom. The molecule has 0 aromatic carbocycles. The summed E-state index contributed by atoms with van der Waals surface area (Å²) in [5.41, 5.74) is 8.60. The van der Waals surface area contributed by atoms with Crippen LogP contribution in [0.5, 0.6) is 0 Å². The summed E-state index contributed by atoms with van der Waals surface area (Å²) in [5, 5.41) is 0. The van der Waals surface area contributed by atoms with Crippen molar-refractivity contribution in [1.29, 1.82) is 0 Å². The van der Waals surface area contributed by atoms with Crippen molar-refractivity contribution in [3.8, 4) is 0 Å². The smallest absolute Gasteiger partial charge is 0.383 e. The van der Waals surface area contributed by atoms with Gasteiger partial charge in [0.05, 0.1) is 57.9 Å². The number of hydrogen-bond acceptors (Lipinski definition) is 35. The fraction of sp³-hybridized carbons (Fsp3) is 0.569. The fourth-order valence-electron chi connectivity index (χ4n) is 12.0. The molecule has 43 nitrogen and oxygen atoms in total. The number of nitrogens with two attached hydrogens (primary N) is 3. The van der Waals surface area contributed by atoms with E-state index in [-0.39, 0.29) is 89.4 Å². The molecule has 5 aliphatic heterocycles. The molecule has 5 aliphatic rings. The van der Waals surface area contributed by atoms with Crippen LogP contribution in [0.4, 0.5) is 17.7 Å². The highest BCUT2D eigenvalue weighted by molar-refractivity contribution is 8.60. The Bertz CT molecular complexity index is 5160. The second-order valence-electron chi connectivity index (χ2n) is 24.4. The molecule has 12 rings (SSSR count). The zero-order valence-electron chi connectivity index (χ0n) is 54.9. The molecule has 20 atom stereocenters. The number of fused-ring (bicyclic) bond motifs is 2. The van der Waals surface area contributed by atoms with Crippen LogP contribution in [0.2, 0.25) is 0 Å². The average molecular weight is 1680 g/mol. The number of imidazole rings is 2. The molecular weight excluding hydrogens is 1610 g/mol. The van der Waals surface area contributed by atoms with E-state index in [2.05, 4.69) is 106 Å². The first kappa shape index (κ1) is 79.6. The molecule has 105 heavy (non-hydrogen) atoms. The van der Waals surface area contributed by atoms with E-state index in [0.29, 0.717) is 6.42 Å². The van der Waals surface area contributed by atoms with Gasteiger partial charge in [-0.2, -0.15) is 15.0 Å². The van der Waals surface area contributed by atoms with Crippen molar-refractivity contribution in [3.05, 3.63) is 121 Å². The number of nitrogen functional groups attached to an aromatic ring is 3. The van der Waals surface area contributed by atoms with Crippen molar-refractivity contribution in [3.63, 3.8) is 0 Å². The molecule has 5 fully saturated rings. The van der Waals surface area contributed by atoms with Gasteiger partial charge in [-0.15, -0.1) is 0 Å². The lowest BCUT2D eigenvalue weighted by Crippen LogP contribution is -2.33. The molecule has 0 aliphatic carbocycles. The summed E-state index contributed by atoms with van der Waals surface area (Å²) in [4.78, 5) is 119. The maximum absolute atomic E-state index is 14.7. The molecule has 0 saturated carbocycles. The Hall–Kier alpha value is -4.94. The highest BCUT2D eigenvalue weighted by atomic mass is 32.9. The van der Waals surface area contributed by atoms with Crippen molar-refractivity contribution in [2.75, 3.05) is 57.3 Å². The predicted molar refractivity (Wildman–Crippen MR) is 388 cm³/mol. The normalized spacial score (nSPS) is 29.3. The molecule has 7 aromatic rings. The van der Waals surface area contributed by atoms with E-state index in [1.807, 2.05) is 6.92 Å². The van der Waals surface area contributed by atoms with Gasteiger partial charge in [0.15, 0.2) is 22.3 Å². The largest absolute Gasteiger partial charge is 0.386 e. The second-order valence-corrected chi connectivity index (χ2v) is 41.3. The lowest BCUT2D eigenvalue weighted by molar-refractivity contribution is -0.0517. The van der Waals surface area contributed by atoms with Crippen molar-refractivity contribution in [2.24, 2.45) is 5.92 Å². The maximum Gasteiger partial charge on any atom is 0.386 e. The molecule has 12 heterocycles. The summed E-state index contributed by atoms with van der Waals surface area (Å²) in [6.07, 6.45) is -11.0. The number of aromatic amines is 4. The number of nitrogens with one attached hydrogen (secondary N) is 4. The van der Waals surface area contributed by atoms with Gasteiger partial charge < -0.3 is 54.5 Å².